The summed E-state index contributed by atoms with van der Waals surface area (Å²) in [6, 6.07) is 0. The zero-order chi connectivity index (χ0) is 12.2. The van der Waals surface area contributed by atoms with E-state index in [9.17, 15) is 4.79 Å². The van der Waals surface area contributed by atoms with Crippen LogP contribution in [0.1, 0.15) is 33.0 Å². The van der Waals surface area contributed by atoms with Crippen molar-refractivity contribution in [2.75, 3.05) is 18.9 Å². The van der Waals surface area contributed by atoms with Crippen LogP contribution < -0.4 is 10.6 Å². The minimum absolute atomic E-state index is 0. The molecule has 1 aromatic heterocycles. The molecular weight excluding hydrogens is 260 g/mol. The topological polar surface area (TPSA) is 66.9 Å². The number of nitrogens with zero attached hydrogens (tertiary/aromatic N) is 2. The standard InChI is InChI=1S/C10H18N4OS.ClH/c1-10(2,3)8-13-9(16-14-8)12-7(15)5-6-11-4;/h11H,5-6H2,1-4H3,(H,12,13,14,15);1H. The second-order valence-corrected chi connectivity index (χ2v) is 5.33. The number of halogens is 1. The Labute approximate surface area is 112 Å². The molecule has 7 heteroatoms. The second-order valence-electron chi connectivity index (χ2n) is 4.57. The van der Waals surface area contributed by atoms with E-state index in [1.807, 2.05) is 27.8 Å². The van der Waals surface area contributed by atoms with Gasteiger partial charge in [0.05, 0.1) is 0 Å². The van der Waals surface area contributed by atoms with E-state index in [4.69, 9.17) is 0 Å². The minimum atomic E-state index is -0.0789. The van der Waals surface area contributed by atoms with Crippen molar-refractivity contribution in [3.8, 4) is 0 Å². The highest BCUT2D eigenvalue weighted by Gasteiger charge is 2.19. The van der Waals surface area contributed by atoms with Gasteiger partial charge in [0, 0.05) is 29.9 Å². The summed E-state index contributed by atoms with van der Waals surface area (Å²) >= 11 is 1.22. The summed E-state index contributed by atoms with van der Waals surface area (Å²) in [5.74, 6) is 0.729. The van der Waals surface area contributed by atoms with Crippen molar-refractivity contribution >= 4 is 35.0 Å². The molecule has 0 radical (unpaired) electrons. The fourth-order valence-electron chi connectivity index (χ4n) is 0.999. The lowest BCUT2D eigenvalue weighted by Crippen LogP contribution is -2.19. The zero-order valence-corrected chi connectivity index (χ0v) is 12.2. The van der Waals surface area contributed by atoms with Crippen LogP contribution in [0.15, 0.2) is 0 Å². The van der Waals surface area contributed by atoms with Crippen LogP contribution in [0.5, 0.6) is 0 Å². The maximum atomic E-state index is 11.4. The van der Waals surface area contributed by atoms with E-state index in [1.54, 1.807) is 0 Å². The van der Waals surface area contributed by atoms with Crippen molar-refractivity contribution in [1.29, 1.82) is 0 Å². The van der Waals surface area contributed by atoms with Crippen molar-refractivity contribution in [2.45, 2.75) is 32.6 Å². The normalized spacial score (nSPS) is 10.8. The van der Waals surface area contributed by atoms with Crippen molar-refractivity contribution in [2.24, 2.45) is 0 Å². The van der Waals surface area contributed by atoms with Crippen molar-refractivity contribution in [3.05, 3.63) is 5.82 Å². The van der Waals surface area contributed by atoms with Gasteiger partial charge in [0.1, 0.15) is 5.82 Å². The van der Waals surface area contributed by atoms with Crippen LogP contribution in [0, 0.1) is 0 Å². The van der Waals surface area contributed by atoms with E-state index < -0.39 is 0 Å². The molecule has 98 valence electrons. The molecule has 1 rings (SSSR count). The van der Waals surface area contributed by atoms with Crippen molar-refractivity contribution < 1.29 is 4.79 Å². The van der Waals surface area contributed by atoms with Gasteiger partial charge in [0.15, 0.2) is 0 Å². The van der Waals surface area contributed by atoms with Crippen LogP contribution in [0.25, 0.3) is 0 Å². The fraction of sp³-hybridized carbons (Fsp3) is 0.700. The van der Waals surface area contributed by atoms with E-state index in [0.717, 1.165) is 5.82 Å². The molecule has 0 spiro atoms. The lowest BCUT2D eigenvalue weighted by molar-refractivity contribution is -0.116. The molecule has 5 nitrogen and oxygen atoms in total. The minimum Gasteiger partial charge on any atom is -0.319 e. The molecule has 0 unspecified atom stereocenters. The molecule has 1 amide bonds. The highest BCUT2D eigenvalue weighted by atomic mass is 35.5. The molecule has 0 aliphatic rings. The summed E-state index contributed by atoms with van der Waals surface area (Å²) in [5.41, 5.74) is -0.0789. The Morgan fingerprint density at radius 1 is 1.41 bits per heavy atom. The fourth-order valence-corrected chi connectivity index (χ4v) is 1.77. The first-order valence-electron chi connectivity index (χ1n) is 5.22. The van der Waals surface area contributed by atoms with Gasteiger partial charge in [-0.2, -0.15) is 4.37 Å². The van der Waals surface area contributed by atoms with E-state index >= 15 is 0 Å². The summed E-state index contributed by atoms with van der Waals surface area (Å²) < 4.78 is 4.22. The van der Waals surface area contributed by atoms with Gasteiger partial charge in [-0.05, 0) is 7.05 Å². The average Bonchev–Trinajstić information content (AvgIpc) is 2.62. The first-order valence-corrected chi connectivity index (χ1v) is 5.99. The van der Waals surface area contributed by atoms with Crippen molar-refractivity contribution in [3.63, 3.8) is 0 Å². The molecule has 0 aliphatic heterocycles. The van der Waals surface area contributed by atoms with Gasteiger partial charge in [0.2, 0.25) is 11.0 Å². The van der Waals surface area contributed by atoms with E-state index in [-0.39, 0.29) is 23.7 Å². The van der Waals surface area contributed by atoms with Gasteiger partial charge < -0.3 is 10.6 Å². The average molecular weight is 279 g/mol. The highest BCUT2D eigenvalue weighted by Crippen LogP contribution is 2.22. The number of aromatic nitrogens is 2. The van der Waals surface area contributed by atoms with E-state index in [0.29, 0.717) is 18.1 Å². The Morgan fingerprint density at radius 3 is 2.53 bits per heavy atom. The maximum absolute atomic E-state index is 11.4. The number of hydrogen-bond acceptors (Lipinski definition) is 5. The van der Waals surface area contributed by atoms with Crippen LogP contribution >= 0.6 is 23.9 Å². The third-order valence-corrected chi connectivity index (χ3v) is 2.58. The van der Waals surface area contributed by atoms with Crippen LogP contribution in [0.3, 0.4) is 0 Å². The first kappa shape index (κ1) is 16.3. The SMILES string of the molecule is CNCCC(=O)Nc1nc(C(C)(C)C)ns1.Cl. The predicted molar refractivity (Wildman–Crippen MR) is 73.0 cm³/mol. The molecule has 0 saturated carbocycles. The molecule has 0 saturated heterocycles. The molecule has 0 aliphatic carbocycles. The van der Waals surface area contributed by atoms with Gasteiger partial charge in [0.25, 0.3) is 0 Å². The third-order valence-electron chi connectivity index (χ3n) is 1.95. The number of carbonyl (C=O) groups excluding carboxylic acids is 1. The third kappa shape index (κ3) is 5.43. The lowest BCUT2D eigenvalue weighted by atomic mass is 9.96. The number of nitrogens with one attached hydrogen (secondary N) is 2. The van der Waals surface area contributed by atoms with Gasteiger partial charge >= 0.3 is 0 Å². The van der Waals surface area contributed by atoms with Crippen LogP contribution in [0.4, 0.5) is 5.13 Å². The summed E-state index contributed by atoms with van der Waals surface area (Å²) in [7, 11) is 1.82. The summed E-state index contributed by atoms with van der Waals surface area (Å²) in [6.07, 6.45) is 0.445. The quantitative estimate of drug-likeness (QED) is 0.881. The summed E-state index contributed by atoms with van der Waals surface area (Å²) in [6.45, 7) is 6.79. The maximum Gasteiger partial charge on any atom is 0.227 e. The number of hydrogen-bond donors (Lipinski definition) is 2. The Bertz CT molecular complexity index is 361. The van der Waals surface area contributed by atoms with Crippen LogP contribution in [-0.2, 0) is 10.2 Å². The van der Waals surface area contributed by atoms with Crippen LogP contribution in [0.2, 0.25) is 0 Å². The Morgan fingerprint density at radius 2 is 2.06 bits per heavy atom. The van der Waals surface area contributed by atoms with Gasteiger partial charge in [-0.25, -0.2) is 4.98 Å². The molecule has 0 atom stereocenters. The monoisotopic (exact) mass is 278 g/mol. The first-order chi connectivity index (χ1) is 7.43. The Hall–Kier alpha value is -0.720. The smallest absolute Gasteiger partial charge is 0.227 e. The largest absolute Gasteiger partial charge is 0.319 e. The molecule has 1 aromatic rings. The molecule has 0 aromatic carbocycles. The van der Waals surface area contributed by atoms with E-state index in [1.165, 1.54) is 11.5 Å². The van der Waals surface area contributed by atoms with Crippen molar-refractivity contribution in [1.82, 2.24) is 14.7 Å². The Balaban J connectivity index is 0.00000256. The number of carbonyl (C=O) groups is 1. The number of amides is 1. The number of anilines is 1. The van der Waals surface area contributed by atoms with E-state index in [2.05, 4.69) is 20.0 Å². The molecule has 17 heavy (non-hydrogen) atoms. The predicted octanol–water partition coefficient (Wildman–Crippen LogP) is 1.81. The van der Waals surface area contributed by atoms with Gasteiger partial charge in [-0.1, -0.05) is 20.8 Å². The molecule has 0 fully saturated rings. The second kappa shape index (κ2) is 6.88. The number of rotatable bonds is 4. The zero-order valence-electron chi connectivity index (χ0n) is 10.5. The highest BCUT2D eigenvalue weighted by molar-refractivity contribution is 7.09. The molecule has 2 N–H and O–H groups in total. The lowest BCUT2D eigenvalue weighted by Gasteiger charge is -2.12. The summed E-state index contributed by atoms with van der Waals surface area (Å²) in [4.78, 5) is 15.7. The summed E-state index contributed by atoms with van der Waals surface area (Å²) in [5, 5.41) is 6.23. The molecular formula is C10H19ClN4OS. The molecule has 0 bridgehead atoms. The van der Waals surface area contributed by atoms with Gasteiger partial charge in [-0.15, -0.1) is 12.4 Å². The van der Waals surface area contributed by atoms with Crippen LogP contribution in [-0.4, -0.2) is 28.9 Å². The molecule has 1 heterocycles. The van der Waals surface area contributed by atoms with Gasteiger partial charge in [-0.3, -0.25) is 4.79 Å². The Kier molecular flexibility index (Phi) is 6.59.